The van der Waals surface area contributed by atoms with Gasteiger partial charge in [-0.05, 0) is 43.4 Å². The van der Waals surface area contributed by atoms with E-state index < -0.39 is 0 Å². The molecule has 1 amide bonds. The van der Waals surface area contributed by atoms with Crippen molar-refractivity contribution in [3.05, 3.63) is 29.8 Å². The molecule has 0 aromatic heterocycles. The van der Waals surface area contributed by atoms with E-state index in [1.807, 2.05) is 24.3 Å². The fourth-order valence-electron chi connectivity index (χ4n) is 2.81. The Kier molecular flexibility index (Phi) is 9.12. The van der Waals surface area contributed by atoms with E-state index in [2.05, 4.69) is 20.9 Å². The van der Waals surface area contributed by atoms with Gasteiger partial charge in [-0.3, -0.25) is 9.79 Å². The lowest BCUT2D eigenvalue weighted by molar-refractivity contribution is -0.123. The van der Waals surface area contributed by atoms with Crippen molar-refractivity contribution in [1.29, 1.82) is 0 Å². The number of amides is 1. The lowest BCUT2D eigenvalue weighted by Gasteiger charge is -2.15. The van der Waals surface area contributed by atoms with Crippen LogP contribution in [0.2, 0.25) is 0 Å². The molecule has 8 heteroatoms. The number of guanidine groups is 1. The largest absolute Gasteiger partial charge is 0.484 e. The van der Waals surface area contributed by atoms with Crippen LogP contribution < -0.4 is 20.7 Å². The van der Waals surface area contributed by atoms with Gasteiger partial charge >= 0.3 is 0 Å². The fraction of sp³-hybridized carbons (Fsp3) is 0.579. The normalized spacial score (nSPS) is 19.1. The zero-order valence-corrected chi connectivity index (χ0v) is 18.0. The highest BCUT2D eigenvalue weighted by atomic mass is 127. The minimum Gasteiger partial charge on any atom is -0.484 e. The number of hydrogen-bond acceptors (Lipinski definition) is 4. The van der Waals surface area contributed by atoms with E-state index in [1.54, 1.807) is 7.05 Å². The van der Waals surface area contributed by atoms with E-state index >= 15 is 0 Å². The molecular formula is C19H29IN4O3. The Hall–Kier alpha value is -1.55. The molecular weight excluding hydrogens is 459 g/mol. The number of nitrogens with zero attached hydrogens (tertiary/aromatic N) is 1. The number of benzene rings is 1. The van der Waals surface area contributed by atoms with Gasteiger partial charge in [0.05, 0.1) is 6.10 Å². The first-order chi connectivity index (χ1) is 12.7. The topological polar surface area (TPSA) is 84.0 Å². The molecule has 1 atom stereocenters. The third-order valence-corrected chi connectivity index (χ3v) is 4.42. The van der Waals surface area contributed by atoms with Crippen LogP contribution in [0.25, 0.3) is 0 Å². The number of hydrogen-bond donors (Lipinski definition) is 3. The van der Waals surface area contributed by atoms with Gasteiger partial charge in [0.2, 0.25) is 0 Å². The molecule has 1 heterocycles. The van der Waals surface area contributed by atoms with Gasteiger partial charge in [-0.1, -0.05) is 12.1 Å². The maximum absolute atomic E-state index is 11.7. The second-order valence-electron chi connectivity index (χ2n) is 6.72. The molecule has 150 valence electrons. The molecule has 1 aromatic rings. The van der Waals surface area contributed by atoms with Gasteiger partial charge in [0.1, 0.15) is 5.75 Å². The van der Waals surface area contributed by atoms with Crippen molar-refractivity contribution >= 4 is 35.8 Å². The lowest BCUT2D eigenvalue weighted by Crippen LogP contribution is -2.40. The van der Waals surface area contributed by atoms with Gasteiger partial charge in [-0.2, -0.15) is 0 Å². The number of halogens is 1. The van der Waals surface area contributed by atoms with E-state index in [-0.39, 0.29) is 42.6 Å². The molecule has 1 aliphatic carbocycles. The maximum Gasteiger partial charge on any atom is 0.258 e. The monoisotopic (exact) mass is 488 g/mol. The second-order valence-corrected chi connectivity index (χ2v) is 6.72. The van der Waals surface area contributed by atoms with E-state index in [0.717, 1.165) is 50.4 Å². The van der Waals surface area contributed by atoms with Gasteiger partial charge in [-0.25, -0.2) is 0 Å². The van der Waals surface area contributed by atoms with Crippen LogP contribution in [0.5, 0.6) is 5.75 Å². The first-order valence-electron chi connectivity index (χ1n) is 9.30. The van der Waals surface area contributed by atoms with Crippen LogP contribution in [0.4, 0.5) is 0 Å². The summed E-state index contributed by atoms with van der Waals surface area (Å²) in [5.74, 6) is 1.38. The van der Waals surface area contributed by atoms with Crippen molar-refractivity contribution in [3.63, 3.8) is 0 Å². The van der Waals surface area contributed by atoms with Crippen molar-refractivity contribution in [2.24, 2.45) is 4.99 Å². The van der Waals surface area contributed by atoms with Crippen LogP contribution in [-0.2, 0) is 16.1 Å². The Bertz CT molecular complexity index is 631. The van der Waals surface area contributed by atoms with Crippen LogP contribution in [0.15, 0.2) is 29.3 Å². The van der Waals surface area contributed by atoms with Gasteiger partial charge < -0.3 is 25.4 Å². The van der Waals surface area contributed by atoms with E-state index in [0.29, 0.717) is 18.3 Å². The Balaban J connectivity index is 0.00000261. The summed E-state index contributed by atoms with van der Waals surface area (Å²) >= 11 is 0. The summed E-state index contributed by atoms with van der Waals surface area (Å²) in [6.45, 7) is 2.29. The first kappa shape index (κ1) is 21.7. The van der Waals surface area contributed by atoms with Crippen molar-refractivity contribution in [1.82, 2.24) is 16.0 Å². The Morgan fingerprint density at radius 3 is 2.85 bits per heavy atom. The summed E-state index contributed by atoms with van der Waals surface area (Å²) in [6, 6.07) is 8.09. The zero-order chi connectivity index (χ0) is 18.2. The summed E-state index contributed by atoms with van der Waals surface area (Å²) in [7, 11) is 1.75. The molecule has 2 fully saturated rings. The number of nitrogens with one attached hydrogen (secondary N) is 3. The van der Waals surface area contributed by atoms with E-state index in [9.17, 15) is 4.79 Å². The molecule has 1 aromatic carbocycles. The lowest BCUT2D eigenvalue weighted by atomic mass is 10.2. The number of ether oxygens (including phenoxy) is 2. The molecule has 1 saturated carbocycles. The van der Waals surface area contributed by atoms with Gasteiger partial charge in [0.25, 0.3) is 5.91 Å². The van der Waals surface area contributed by atoms with Gasteiger partial charge in [0.15, 0.2) is 12.6 Å². The maximum atomic E-state index is 11.7. The first-order valence-corrected chi connectivity index (χ1v) is 9.30. The number of carbonyl (C=O) groups excluding carboxylic acids is 1. The number of rotatable bonds is 8. The summed E-state index contributed by atoms with van der Waals surface area (Å²) in [6.07, 6.45) is 4.65. The molecule has 1 aliphatic heterocycles. The van der Waals surface area contributed by atoms with E-state index in [1.165, 1.54) is 0 Å². The summed E-state index contributed by atoms with van der Waals surface area (Å²) in [5, 5.41) is 9.49. The standard InChI is InChI=1S/C19H28N4O3.HI/c1-20-19(22-12-17-6-3-9-25-17)21-11-14-4-2-5-16(10-14)26-13-18(24)23-15-7-8-15;/h2,4-5,10,15,17H,3,6-9,11-13H2,1H3,(H,23,24)(H2,20,21,22);1H. The minimum absolute atomic E-state index is 0. The molecule has 3 N–H and O–H groups in total. The van der Waals surface area contributed by atoms with Gasteiger partial charge in [-0.15, -0.1) is 24.0 Å². The predicted molar refractivity (Wildman–Crippen MR) is 116 cm³/mol. The molecule has 1 unspecified atom stereocenters. The fourth-order valence-corrected chi connectivity index (χ4v) is 2.81. The SMILES string of the molecule is CN=C(NCc1cccc(OCC(=O)NC2CC2)c1)NCC1CCCO1.I. The quantitative estimate of drug-likeness (QED) is 0.296. The molecule has 2 aliphatic rings. The van der Waals surface area contributed by atoms with Crippen LogP contribution in [0.1, 0.15) is 31.2 Å². The van der Waals surface area contributed by atoms with Crippen LogP contribution in [0.3, 0.4) is 0 Å². The van der Waals surface area contributed by atoms with Crippen LogP contribution in [0, 0.1) is 0 Å². The molecule has 27 heavy (non-hydrogen) atoms. The minimum atomic E-state index is -0.0604. The predicted octanol–water partition coefficient (Wildman–Crippen LogP) is 1.81. The van der Waals surface area contributed by atoms with E-state index in [4.69, 9.17) is 9.47 Å². The van der Waals surface area contributed by atoms with Crippen LogP contribution >= 0.6 is 24.0 Å². The van der Waals surface area contributed by atoms with Gasteiger partial charge in [0, 0.05) is 32.8 Å². The third-order valence-electron chi connectivity index (χ3n) is 4.42. The Morgan fingerprint density at radius 2 is 2.15 bits per heavy atom. The average Bonchev–Trinajstić information content (AvgIpc) is 3.31. The smallest absolute Gasteiger partial charge is 0.258 e. The zero-order valence-electron chi connectivity index (χ0n) is 15.7. The molecule has 7 nitrogen and oxygen atoms in total. The summed E-state index contributed by atoms with van der Waals surface area (Å²) < 4.78 is 11.2. The molecule has 0 bridgehead atoms. The van der Waals surface area contributed by atoms with Crippen molar-refractivity contribution in [2.75, 3.05) is 26.8 Å². The Labute approximate surface area is 177 Å². The average molecular weight is 488 g/mol. The van der Waals surface area contributed by atoms with Crippen molar-refractivity contribution < 1.29 is 14.3 Å². The molecule has 0 radical (unpaired) electrons. The highest BCUT2D eigenvalue weighted by Gasteiger charge is 2.23. The van der Waals surface area contributed by atoms with Crippen molar-refractivity contribution in [2.45, 2.75) is 44.4 Å². The summed E-state index contributed by atoms with van der Waals surface area (Å²) in [4.78, 5) is 15.9. The highest BCUT2D eigenvalue weighted by molar-refractivity contribution is 14.0. The van der Waals surface area contributed by atoms with Crippen molar-refractivity contribution in [3.8, 4) is 5.75 Å². The number of carbonyl (C=O) groups is 1. The molecule has 0 spiro atoms. The number of aliphatic imine (C=N–C) groups is 1. The Morgan fingerprint density at radius 1 is 1.30 bits per heavy atom. The molecule has 1 saturated heterocycles. The highest BCUT2D eigenvalue weighted by Crippen LogP contribution is 2.18. The third kappa shape index (κ3) is 7.92. The summed E-state index contributed by atoms with van der Waals surface area (Å²) in [5.41, 5.74) is 1.06. The van der Waals surface area contributed by atoms with Crippen LogP contribution in [-0.4, -0.2) is 50.8 Å². The molecule has 3 rings (SSSR count). The second kappa shape index (κ2) is 11.3.